The number of rotatable bonds is 7. The first-order valence-corrected chi connectivity index (χ1v) is 8.84. The Morgan fingerprint density at radius 1 is 1.07 bits per heavy atom. The van der Waals surface area contributed by atoms with E-state index in [-0.39, 0.29) is 6.61 Å². The van der Waals surface area contributed by atoms with Crippen LogP contribution in [-0.4, -0.2) is 30.3 Å². The molecule has 0 unspecified atom stereocenters. The monoisotopic (exact) mass is 382 g/mol. The van der Waals surface area contributed by atoms with E-state index in [2.05, 4.69) is 36.1 Å². The molecule has 1 aromatic heterocycles. The number of carbonyl (C=O) groups is 1. The average molecular weight is 382 g/mol. The fraction of sp³-hybridized carbons (Fsp3) is 0.286. The van der Waals surface area contributed by atoms with Gasteiger partial charge < -0.3 is 18.7 Å². The van der Waals surface area contributed by atoms with Gasteiger partial charge in [0.15, 0.2) is 18.1 Å². The second-order valence-corrected chi connectivity index (χ2v) is 6.43. The lowest BCUT2D eigenvalue weighted by atomic mass is 10.0. The summed E-state index contributed by atoms with van der Waals surface area (Å²) in [5, 5.41) is 4.01. The van der Waals surface area contributed by atoms with Crippen LogP contribution >= 0.6 is 0 Å². The van der Waals surface area contributed by atoms with Crippen molar-refractivity contribution in [3.63, 3.8) is 0 Å². The van der Waals surface area contributed by atoms with Crippen molar-refractivity contribution in [3.05, 3.63) is 59.5 Å². The van der Waals surface area contributed by atoms with Gasteiger partial charge in [0.25, 0.3) is 5.89 Å². The summed E-state index contributed by atoms with van der Waals surface area (Å²) < 4.78 is 21.0. The summed E-state index contributed by atoms with van der Waals surface area (Å²) in [6, 6.07) is 12.8. The van der Waals surface area contributed by atoms with Crippen LogP contribution in [-0.2, 0) is 11.3 Å². The molecular formula is C21H22N2O5. The van der Waals surface area contributed by atoms with Gasteiger partial charge in [-0.3, -0.25) is 0 Å². The third-order valence-electron chi connectivity index (χ3n) is 4.24. The maximum atomic E-state index is 11.6. The summed E-state index contributed by atoms with van der Waals surface area (Å²) in [5.74, 6) is 1.71. The molecule has 7 heteroatoms. The van der Waals surface area contributed by atoms with Crippen molar-refractivity contribution in [3.8, 4) is 22.9 Å². The predicted molar refractivity (Wildman–Crippen MR) is 102 cm³/mol. The predicted octanol–water partition coefficient (Wildman–Crippen LogP) is 4.23. The number of esters is 1. The van der Waals surface area contributed by atoms with Crippen LogP contribution in [0.1, 0.15) is 41.6 Å². The number of hydrogen-bond donors (Lipinski definition) is 0. The molecule has 0 radical (unpaired) electrons. The molecule has 0 saturated carbocycles. The van der Waals surface area contributed by atoms with Crippen LogP contribution in [0.5, 0.6) is 11.5 Å². The number of methoxy groups -OCH3 is 2. The molecule has 0 saturated heterocycles. The molecule has 0 N–H and O–H groups in total. The minimum atomic E-state index is -0.449. The summed E-state index contributed by atoms with van der Waals surface area (Å²) in [4.78, 5) is 16.0. The molecule has 1 heterocycles. The quantitative estimate of drug-likeness (QED) is 0.565. The van der Waals surface area contributed by atoms with Gasteiger partial charge in [0.2, 0.25) is 5.82 Å². The maximum absolute atomic E-state index is 11.6. The second-order valence-electron chi connectivity index (χ2n) is 6.43. The smallest absolute Gasteiger partial charge is 0.337 e. The van der Waals surface area contributed by atoms with Crippen LogP contribution in [0, 0.1) is 0 Å². The van der Waals surface area contributed by atoms with Crippen molar-refractivity contribution >= 4 is 5.97 Å². The summed E-state index contributed by atoms with van der Waals surface area (Å²) in [6.07, 6.45) is 0. The van der Waals surface area contributed by atoms with E-state index in [1.807, 2.05) is 12.1 Å². The number of ether oxygens (including phenoxy) is 3. The number of hydrogen-bond acceptors (Lipinski definition) is 7. The number of benzene rings is 2. The number of carbonyl (C=O) groups excluding carboxylic acids is 1. The molecule has 0 spiro atoms. The third-order valence-corrected chi connectivity index (χ3v) is 4.24. The summed E-state index contributed by atoms with van der Waals surface area (Å²) in [5.41, 5.74) is 2.49. The standard InChI is InChI=1S/C21H22N2O5/c1-13(2)14-5-7-15(8-6-14)20-22-19(28-23-20)12-27-17-10-9-16(21(24)26-4)11-18(17)25-3/h5-11,13H,12H2,1-4H3. The van der Waals surface area contributed by atoms with Crippen molar-refractivity contribution in [2.75, 3.05) is 14.2 Å². The summed E-state index contributed by atoms with van der Waals surface area (Å²) in [7, 11) is 2.82. The van der Waals surface area contributed by atoms with E-state index in [1.165, 1.54) is 19.8 Å². The summed E-state index contributed by atoms with van der Waals surface area (Å²) in [6.45, 7) is 4.36. The highest BCUT2D eigenvalue weighted by Gasteiger charge is 2.14. The van der Waals surface area contributed by atoms with E-state index in [0.717, 1.165) is 5.56 Å². The van der Waals surface area contributed by atoms with Crippen LogP contribution in [0.3, 0.4) is 0 Å². The fourth-order valence-corrected chi connectivity index (χ4v) is 2.62. The van der Waals surface area contributed by atoms with Crippen LogP contribution < -0.4 is 9.47 Å². The van der Waals surface area contributed by atoms with E-state index in [9.17, 15) is 4.79 Å². The lowest BCUT2D eigenvalue weighted by Gasteiger charge is -2.10. The first-order valence-electron chi connectivity index (χ1n) is 8.84. The summed E-state index contributed by atoms with van der Waals surface area (Å²) >= 11 is 0. The molecule has 0 aliphatic rings. The van der Waals surface area contributed by atoms with Gasteiger partial charge in [0, 0.05) is 5.56 Å². The molecule has 2 aromatic carbocycles. The van der Waals surface area contributed by atoms with Crippen molar-refractivity contribution in [1.29, 1.82) is 0 Å². The normalized spacial score (nSPS) is 10.8. The Morgan fingerprint density at radius 2 is 1.82 bits per heavy atom. The van der Waals surface area contributed by atoms with Gasteiger partial charge in [-0.2, -0.15) is 4.98 Å². The molecule has 3 aromatic rings. The molecule has 0 bridgehead atoms. The van der Waals surface area contributed by atoms with Gasteiger partial charge in [-0.05, 0) is 29.7 Å². The minimum absolute atomic E-state index is 0.0744. The molecule has 0 aliphatic heterocycles. The molecule has 28 heavy (non-hydrogen) atoms. The van der Waals surface area contributed by atoms with Crippen LogP contribution in [0.4, 0.5) is 0 Å². The van der Waals surface area contributed by atoms with E-state index in [1.54, 1.807) is 18.2 Å². The van der Waals surface area contributed by atoms with E-state index < -0.39 is 5.97 Å². The number of nitrogens with zero attached hydrogens (tertiary/aromatic N) is 2. The van der Waals surface area contributed by atoms with Crippen molar-refractivity contribution < 1.29 is 23.5 Å². The first kappa shape index (κ1) is 19.4. The Kier molecular flexibility index (Phi) is 5.93. The van der Waals surface area contributed by atoms with Crippen molar-refractivity contribution in [2.24, 2.45) is 0 Å². The first-order chi connectivity index (χ1) is 13.5. The molecule has 0 atom stereocenters. The largest absolute Gasteiger partial charge is 0.493 e. The molecular weight excluding hydrogens is 360 g/mol. The molecule has 7 nitrogen and oxygen atoms in total. The second kappa shape index (κ2) is 8.56. The fourth-order valence-electron chi connectivity index (χ4n) is 2.62. The topological polar surface area (TPSA) is 83.7 Å². The molecule has 0 aliphatic carbocycles. The van der Waals surface area contributed by atoms with Crippen molar-refractivity contribution in [1.82, 2.24) is 10.1 Å². The Morgan fingerprint density at radius 3 is 2.46 bits per heavy atom. The van der Waals surface area contributed by atoms with Gasteiger partial charge in [0.05, 0.1) is 19.8 Å². The highest BCUT2D eigenvalue weighted by molar-refractivity contribution is 5.90. The zero-order valence-corrected chi connectivity index (χ0v) is 16.3. The van der Waals surface area contributed by atoms with Crippen LogP contribution in [0.2, 0.25) is 0 Å². The van der Waals surface area contributed by atoms with Crippen molar-refractivity contribution in [2.45, 2.75) is 26.4 Å². The van der Waals surface area contributed by atoms with E-state index in [4.69, 9.17) is 18.7 Å². The third kappa shape index (κ3) is 4.31. The molecule has 146 valence electrons. The highest BCUT2D eigenvalue weighted by atomic mass is 16.5. The Labute approximate surface area is 163 Å². The van der Waals surface area contributed by atoms with Gasteiger partial charge in [-0.1, -0.05) is 43.3 Å². The average Bonchev–Trinajstić information content (AvgIpc) is 3.20. The Bertz CT molecular complexity index is 948. The highest BCUT2D eigenvalue weighted by Crippen LogP contribution is 2.29. The van der Waals surface area contributed by atoms with Crippen LogP contribution in [0.25, 0.3) is 11.4 Å². The van der Waals surface area contributed by atoms with E-state index in [0.29, 0.717) is 34.7 Å². The van der Waals surface area contributed by atoms with Gasteiger partial charge in [-0.25, -0.2) is 4.79 Å². The molecule has 0 amide bonds. The Hall–Kier alpha value is -3.35. The van der Waals surface area contributed by atoms with Crippen LogP contribution in [0.15, 0.2) is 47.0 Å². The van der Waals surface area contributed by atoms with Gasteiger partial charge in [0.1, 0.15) is 0 Å². The lowest BCUT2D eigenvalue weighted by molar-refractivity contribution is 0.0600. The zero-order valence-electron chi connectivity index (χ0n) is 16.3. The Balaban J connectivity index is 1.69. The minimum Gasteiger partial charge on any atom is -0.493 e. The molecule has 0 fully saturated rings. The van der Waals surface area contributed by atoms with Gasteiger partial charge >= 0.3 is 5.97 Å². The number of aromatic nitrogens is 2. The SMILES string of the molecule is COC(=O)c1ccc(OCc2nc(-c3ccc(C(C)C)cc3)no2)c(OC)c1. The van der Waals surface area contributed by atoms with Gasteiger partial charge in [-0.15, -0.1) is 0 Å². The van der Waals surface area contributed by atoms with E-state index >= 15 is 0 Å². The molecule has 3 rings (SSSR count). The maximum Gasteiger partial charge on any atom is 0.337 e. The lowest BCUT2D eigenvalue weighted by Crippen LogP contribution is -2.03. The zero-order chi connectivity index (χ0) is 20.1.